The molecule has 0 spiro atoms. The number of hydrogen-bond donors (Lipinski definition) is 1. The highest BCUT2D eigenvalue weighted by Gasteiger charge is 2.42. The summed E-state index contributed by atoms with van der Waals surface area (Å²) in [6, 6.07) is 4.45. The molecule has 1 aromatic carbocycles. The minimum atomic E-state index is -4.15. The van der Waals surface area contributed by atoms with Crippen LogP contribution < -0.4 is 10.0 Å². The van der Waals surface area contributed by atoms with Crippen molar-refractivity contribution in [2.24, 2.45) is 18.1 Å². The van der Waals surface area contributed by atoms with Crippen LogP contribution in [0.5, 0.6) is 0 Å². The topological polar surface area (TPSA) is 81.2 Å². The number of sulfonamides is 1. The van der Waals surface area contributed by atoms with Crippen molar-refractivity contribution < 1.29 is 21.6 Å². The molecule has 154 valence electrons. The molecule has 0 saturated heterocycles. The Labute approximate surface area is 162 Å². The normalized spacial score (nSPS) is 20.9. The van der Waals surface area contributed by atoms with Gasteiger partial charge < -0.3 is 9.47 Å². The maximum atomic E-state index is 12.9. The molecule has 2 N–H and O–H groups in total. The molecule has 0 amide bonds. The Hall–Kier alpha value is -2.07. The molecule has 0 bridgehead atoms. The molecular weight excluding hydrogens is 393 g/mol. The van der Waals surface area contributed by atoms with Gasteiger partial charge >= 0.3 is 6.18 Å². The summed E-state index contributed by atoms with van der Waals surface area (Å²) in [4.78, 5) is 6.18. The zero-order chi connectivity index (χ0) is 20.7. The quantitative estimate of drug-likeness (QED) is 0.829. The molecule has 3 rings (SSSR count). The number of aryl methyl sites for hydroxylation is 1. The summed E-state index contributed by atoms with van der Waals surface area (Å²) in [5, 5.41) is 5.26. The maximum Gasteiger partial charge on any atom is 0.391 e. The first-order valence-corrected chi connectivity index (χ1v) is 10.5. The van der Waals surface area contributed by atoms with Crippen molar-refractivity contribution in [1.29, 1.82) is 0 Å². The van der Waals surface area contributed by atoms with E-state index in [4.69, 9.17) is 5.14 Å². The van der Waals surface area contributed by atoms with Crippen LogP contribution >= 0.6 is 0 Å². The van der Waals surface area contributed by atoms with E-state index in [0.717, 1.165) is 0 Å². The van der Waals surface area contributed by atoms with Crippen LogP contribution in [0.3, 0.4) is 0 Å². The van der Waals surface area contributed by atoms with Gasteiger partial charge in [0.2, 0.25) is 10.0 Å². The Morgan fingerprint density at radius 2 is 1.86 bits per heavy atom. The molecule has 1 fully saturated rings. The zero-order valence-corrected chi connectivity index (χ0v) is 16.5. The highest BCUT2D eigenvalue weighted by Crippen LogP contribution is 2.41. The van der Waals surface area contributed by atoms with E-state index in [1.54, 1.807) is 30.2 Å². The summed E-state index contributed by atoms with van der Waals surface area (Å²) < 4.78 is 64.1. The lowest BCUT2D eigenvalue weighted by atomic mass is 9.84. The number of alkyl halides is 3. The van der Waals surface area contributed by atoms with E-state index < -0.39 is 22.1 Å². The summed E-state index contributed by atoms with van der Waals surface area (Å²) in [5.41, 5.74) is 1.85. The molecule has 10 heteroatoms. The van der Waals surface area contributed by atoms with E-state index in [-0.39, 0.29) is 23.8 Å². The van der Waals surface area contributed by atoms with Gasteiger partial charge in [0.25, 0.3) is 0 Å². The fourth-order valence-electron chi connectivity index (χ4n) is 3.74. The van der Waals surface area contributed by atoms with Gasteiger partial charge in [0.05, 0.1) is 22.8 Å². The van der Waals surface area contributed by atoms with E-state index in [1.165, 1.54) is 12.1 Å². The maximum absolute atomic E-state index is 12.9. The minimum Gasteiger partial charge on any atom is -0.371 e. The first kappa shape index (κ1) is 20.7. The number of nitrogens with two attached hydrogens (primary N) is 1. The number of rotatable bonds is 4. The number of aromatic nitrogens is 2. The summed E-state index contributed by atoms with van der Waals surface area (Å²) in [6.45, 7) is 0. The number of halogens is 3. The average Bonchev–Trinajstić information content (AvgIpc) is 3.05. The van der Waals surface area contributed by atoms with Gasteiger partial charge in [0, 0.05) is 37.6 Å². The van der Waals surface area contributed by atoms with Crippen molar-refractivity contribution in [3.8, 4) is 11.3 Å². The number of hydrogen-bond acceptors (Lipinski definition) is 4. The van der Waals surface area contributed by atoms with Gasteiger partial charge in [-0.2, -0.15) is 13.2 Å². The number of primary sulfonamides is 1. The lowest BCUT2D eigenvalue weighted by Crippen LogP contribution is -2.38. The number of anilines is 1. The molecule has 0 radical (unpaired) electrons. The molecule has 1 aromatic heterocycles. The first-order chi connectivity index (χ1) is 13.0. The van der Waals surface area contributed by atoms with Crippen LogP contribution in [0.15, 0.2) is 35.6 Å². The molecule has 0 atom stereocenters. The molecule has 1 heterocycles. The molecule has 1 aliphatic rings. The van der Waals surface area contributed by atoms with Gasteiger partial charge in [-0.25, -0.2) is 18.5 Å². The summed E-state index contributed by atoms with van der Waals surface area (Å²) in [5.74, 6) is -1.25. The van der Waals surface area contributed by atoms with Crippen molar-refractivity contribution in [3.05, 3.63) is 30.7 Å². The fourth-order valence-corrected chi connectivity index (χ4v) is 4.28. The fraction of sp³-hybridized carbons (Fsp3) is 0.500. The van der Waals surface area contributed by atoms with Gasteiger partial charge in [-0.1, -0.05) is 0 Å². The Balaban J connectivity index is 1.93. The van der Waals surface area contributed by atoms with Crippen LogP contribution in [0, 0.1) is 5.92 Å². The standard InChI is InChI=1S/C18H23F3N4O2S/c1-24-10-16(23-11-24)15-9-14(28(22,26)27)7-8-17(15)25(2)13-5-3-12(4-6-13)18(19,20)21/h7-13H,3-6H2,1-2H3,(H2,22,26,27). The molecular formula is C18H23F3N4O2S. The Morgan fingerprint density at radius 1 is 1.21 bits per heavy atom. The molecule has 1 aliphatic carbocycles. The second kappa shape index (κ2) is 7.40. The van der Waals surface area contributed by atoms with Crippen molar-refractivity contribution >= 4 is 15.7 Å². The van der Waals surface area contributed by atoms with E-state index in [1.807, 2.05) is 11.9 Å². The molecule has 6 nitrogen and oxygen atoms in total. The second-order valence-electron chi connectivity index (χ2n) is 7.31. The van der Waals surface area contributed by atoms with Crippen LogP contribution in [0.2, 0.25) is 0 Å². The predicted octanol–water partition coefficient (Wildman–Crippen LogP) is 3.29. The number of imidazole rings is 1. The largest absolute Gasteiger partial charge is 0.391 e. The van der Waals surface area contributed by atoms with Crippen LogP contribution in [0.25, 0.3) is 11.3 Å². The SMILES string of the molecule is CN(c1ccc(S(N)(=O)=O)cc1-c1cn(C)cn1)C1CCC(C(F)(F)F)CC1. The number of nitrogens with zero attached hydrogens (tertiary/aromatic N) is 3. The van der Waals surface area contributed by atoms with Crippen molar-refractivity contribution in [2.45, 2.75) is 42.8 Å². The third-order valence-corrected chi connectivity index (χ3v) is 6.28. The van der Waals surface area contributed by atoms with Crippen molar-refractivity contribution in [1.82, 2.24) is 9.55 Å². The smallest absolute Gasteiger partial charge is 0.371 e. The van der Waals surface area contributed by atoms with E-state index in [2.05, 4.69) is 4.98 Å². The summed E-state index contributed by atoms with van der Waals surface area (Å²) >= 11 is 0. The van der Waals surface area contributed by atoms with Gasteiger partial charge in [-0.15, -0.1) is 0 Å². The predicted molar refractivity (Wildman–Crippen MR) is 100 cm³/mol. The molecule has 28 heavy (non-hydrogen) atoms. The van der Waals surface area contributed by atoms with Crippen LogP contribution in [-0.4, -0.2) is 37.2 Å². The van der Waals surface area contributed by atoms with Gasteiger partial charge in [-0.05, 0) is 43.9 Å². The minimum absolute atomic E-state index is 0.0360. The highest BCUT2D eigenvalue weighted by atomic mass is 32.2. The average molecular weight is 416 g/mol. The van der Waals surface area contributed by atoms with Crippen LogP contribution in [0.1, 0.15) is 25.7 Å². The Kier molecular flexibility index (Phi) is 5.46. The van der Waals surface area contributed by atoms with Gasteiger partial charge in [0.1, 0.15) is 0 Å². The summed E-state index contributed by atoms with van der Waals surface area (Å²) in [7, 11) is -0.286. The van der Waals surface area contributed by atoms with Crippen LogP contribution in [-0.2, 0) is 17.1 Å². The monoisotopic (exact) mass is 416 g/mol. The zero-order valence-electron chi connectivity index (χ0n) is 15.6. The Morgan fingerprint density at radius 3 is 2.36 bits per heavy atom. The van der Waals surface area contributed by atoms with Crippen molar-refractivity contribution in [2.75, 3.05) is 11.9 Å². The van der Waals surface area contributed by atoms with Gasteiger partial charge in [-0.3, -0.25) is 0 Å². The third kappa shape index (κ3) is 4.33. The molecule has 1 saturated carbocycles. The molecule has 2 aromatic rings. The lowest BCUT2D eigenvalue weighted by Gasteiger charge is -2.37. The van der Waals surface area contributed by atoms with Gasteiger partial charge in [0.15, 0.2) is 0 Å². The summed E-state index contributed by atoms with van der Waals surface area (Å²) in [6.07, 6.45) is 0.204. The van der Waals surface area contributed by atoms with E-state index >= 15 is 0 Å². The van der Waals surface area contributed by atoms with Crippen molar-refractivity contribution in [3.63, 3.8) is 0 Å². The lowest BCUT2D eigenvalue weighted by molar-refractivity contribution is -0.182. The number of benzene rings is 1. The third-order valence-electron chi connectivity index (χ3n) is 5.36. The van der Waals surface area contributed by atoms with E-state index in [0.29, 0.717) is 29.8 Å². The molecule has 0 unspecified atom stereocenters. The second-order valence-corrected chi connectivity index (χ2v) is 8.87. The highest BCUT2D eigenvalue weighted by molar-refractivity contribution is 7.89. The van der Waals surface area contributed by atoms with Crippen LogP contribution in [0.4, 0.5) is 18.9 Å². The first-order valence-electron chi connectivity index (χ1n) is 8.91. The van der Waals surface area contributed by atoms with E-state index in [9.17, 15) is 21.6 Å². The molecule has 0 aliphatic heterocycles. The Bertz CT molecular complexity index is 948.